The van der Waals surface area contributed by atoms with Gasteiger partial charge in [0.25, 0.3) is 0 Å². The summed E-state index contributed by atoms with van der Waals surface area (Å²) in [5.41, 5.74) is 3.97. The molecule has 2 nitrogen and oxygen atoms in total. The predicted molar refractivity (Wildman–Crippen MR) is 85.0 cm³/mol. The van der Waals surface area contributed by atoms with E-state index in [-0.39, 0.29) is 6.04 Å². The third kappa shape index (κ3) is 2.70. The van der Waals surface area contributed by atoms with Gasteiger partial charge >= 0.3 is 0 Å². The van der Waals surface area contributed by atoms with Crippen LogP contribution in [0.2, 0.25) is 0 Å². The zero-order chi connectivity index (χ0) is 13.9. The molecule has 1 heterocycles. The maximum absolute atomic E-state index is 5.40. The molecule has 0 aliphatic heterocycles. The van der Waals surface area contributed by atoms with Gasteiger partial charge in [-0.1, -0.05) is 37.6 Å². The minimum Gasteiger partial charge on any atom is -0.457 e. The second-order valence-corrected chi connectivity index (χ2v) is 6.16. The van der Waals surface area contributed by atoms with Gasteiger partial charge in [0.1, 0.15) is 0 Å². The highest BCUT2D eigenvalue weighted by Gasteiger charge is 2.22. The third-order valence-corrected chi connectivity index (χ3v) is 4.83. The van der Waals surface area contributed by atoms with E-state index in [1.165, 1.54) is 30.4 Å². The average molecular weight is 334 g/mol. The summed E-state index contributed by atoms with van der Waals surface area (Å²) in [5.74, 6) is 0.769. The van der Waals surface area contributed by atoms with Crippen molar-refractivity contribution in [1.29, 1.82) is 0 Å². The van der Waals surface area contributed by atoms with Crippen molar-refractivity contribution in [1.82, 2.24) is 5.32 Å². The molecule has 1 fully saturated rings. The molecule has 1 aromatic carbocycles. The van der Waals surface area contributed by atoms with E-state index in [9.17, 15) is 0 Å². The molecule has 1 aromatic heterocycles. The van der Waals surface area contributed by atoms with Crippen LogP contribution in [0.15, 0.2) is 45.7 Å². The molecule has 0 bridgehead atoms. The van der Waals surface area contributed by atoms with E-state index in [1.807, 2.05) is 6.07 Å². The molecule has 1 unspecified atom stereocenters. The number of hydrogen-bond donors (Lipinski definition) is 1. The molecule has 1 atom stereocenters. The van der Waals surface area contributed by atoms with Gasteiger partial charge in [-0.05, 0) is 58.4 Å². The van der Waals surface area contributed by atoms with Crippen LogP contribution in [0, 0.1) is 0 Å². The van der Waals surface area contributed by atoms with Crippen LogP contribution in [0.1, 0.15) is 54.8 Å². The van der Waals surface area contributed by atoms with E-state index in [2.05, 4.69) is 52.4 Å². The van der Waals surface area contributed by atoms with Gasteiger partial charge in [-0.25, -0.2) is 0 Å². The summed E-state index contributed by atoms with van der Waals surface area (Å²) in [6.45, 7) is 3.06. The minimum absolute atomic E-state index is 0.188. The molecule has 3 heteroatoms. The van der Waals surface area contributed by atoms with Crippen LogP contribution in [-0.2, 0) is 0 Å². The molecule has 0 radical (unpaired) electrons. The summed E-state index contributed by atoms with van der Waals surface area (Å²) in [6.07, 6.45) is 5.79. The monoisotopic (exact) mass is 333 g/mol. The minimum atomic E-state index is 0.188. The maximum atomic E-state index is 5.40. The van der Waals surface area contributed by atoms with Crippen molar-refractivity contribution < 1.29 is 4.42 Å². The molecule has 0 amide bonds. The average Bonchev–Trinajstić information content (AvgIpc) is 2.80. The van der Waals surface area contributed by atoms with E-state index < -0.39 is 0 Å². The van der Waals surface area contributed by atoms with E-state index >= 15 is 0 Å². The molecule has 20 heavy (non-hydrogen) atoms. The first kappa shape index (κ1) is 13.9. The Morgan fingerprint density at radius 2 is 2.20 bits per heavy atom. The molecule has 106 valence electrons. The molecule has 1 aliphatic rings. The SMILES string of the molecule is CCNC(c1cccc(C2CCC2)c1)c1ccoc1Br. The number of furan rings is 1. The smallest absolute Gasteiger partial charge is 0.174 e. The first-order valence-corrected chi connectivity index (χ1v) is 8.15. The van der Waals surface area contributed by atoms with Gasteiger partial charge in [-0.15, -0.1) is 0 Å². The van der Waals surface area contributed by atoms with Crippen LogP contribution in [0.5, 0.6) is 0 Å². The zero-order valence-electron chi connectivity index (χ0n) is 11.7. The van der Waals surface area contributed by atoms with E-state index in [0.29, 0.717) is 0 Å². The van der Waals surface area contributed by atoms with Crippen molar-refractivity contribution in [3.05, 3.63) is 58.0 Å². The maximum Gasteiger partial charge on any atom is 0.174 e. The van der Waals surface area contributed by atoms with Crippen LogP contribution >= 0.6 is 15.9 Å². The van der Waals surface area contributed by atoms with Crippen LogP contribution in [-0.4, -0.2) is 6.54 Å². The number of halogens is 1. The summed E-state index contributed by atoms with van der Waals surface area (Å²) in [5, 5.41) is 3.55. The number of rotatable bonds is 5. The van der Waals surface area contributed by atoms with Crippen LogP contribution in [0.25, 0.3) is 0 Å². The topological polar surface area (TPSA) is 25.2 Å². The van der Waals surface area contributed by atoms with E-state index in [4.69, 9.17) is 4.42 Å². The summed E-state index contributed by atoms with van der Waals surface area (Å²) >= 11 is 3.50. The quantitative estimate of drug-likeness (QED) is 0.832. The van der Waals surface area contributed by atoms with Gasteiger partial charge in [-0.3, -0.25) is 0 Å². The van der Waals surface area contributed by atoms with Crippen molar-refractivity contribution in [2.75, 3.05) is 6.54 Å². The Kier molecular flexibility index (Phi) is 4.27. The zero-order valence-corrected chi connectivity index (χ0v) is 13.3. The second kappa shape index (κ2) is 6.15. The highest BCUT2D eigenvalue weighted by Crippen LogP contribution is 2.38. The lowest BCUT2D eigenvalue weighted by molar-refractivity contribution is 0.419. The Morgan fingerprint density at radius 3 is 2.80 bits per heavy atom. The largest absolute Gasteiger partial charge is 0.457 e. The molecule has 3 rings (SSSR count). The number of nitrogens with one attached hydrogen (secondary N) is 1. The molecular weight excluding hydrogens is 314 g/mol. The van der Waals surface area contributed by atoms with Gasteiger partial charge in [0.05, 0.1) is 12.3 Å². The van der Waals surface area contributed by atoms with E-state index in [0.717, 1.165) is 22.7 Å². The fourth-order valence-corrected chi connectivity index (χ4v) is 3.32. The predicted octanol–water partition coefficient (Wildman–Crippen LogP) is 5.01. The van der Waals surface area contributed by atoms with Crippen LogP contribution < -0.4 is 5.32 Å². The van der Waals surface area contributed by atoms with Crippen LogP contribution in [0.3, 0.4) is 0 Å². The lowest BCUT2D eigenvalue weighted by Crippen LogP contribution is -2.22. The van der Waals surface area contributed by atoms with Crippen LogP contribution in [0.4, 0.5) is 0 Å². The van der Waals surface area contributed by atoms with Crippen molar-refractivity contribution in [2.24, 2.45) is 0 Å². The Labute approximate surface area is 128 Å². The number of benzene rings is 1. The van der Waals surface area contributed by atoms with Crippen molar-refractivity contribution in [3.8, 4) is 0 Å². The lowest BCUT2D eigenvalue weighted by Gasteiger charge is -2.27. The second-order valence-electron chi connectivity index (χ2n) is 5.44. The van der Waals surface area contributed by atoms with Crippen molar-refractivity contribution >= 4 is 15.9 Å². The lowest BCUT2D eigenvalue weighted by atomic mass is 9.79. The Hall–Kier alpha value is -1.06. The van der Waals surface area contributed by atoms with Gasteiger partial charge in [0.15, 0.2) is 4.67 Å². The van der Waals surface area contributed by atoms with Crippen molar-refractivity contribution in [3.63, 3.8) is 0 Å². The molecule has 1 N–H and O–H groups in total. The van der Waals surface area contributed by atoms with Gasteiger partial charge in [-0.2, -0.15) is 0 Å². The summed E-state index contributed by atoms with van der Waals surface area (Å²) < 4.78 is 6.22. The highest BCUT2D eigenvalue weighted by molar-refractivity contribution is 9.10. The van der Waals surface area contributed by atoms with Gasteiger partial charge < -0.3 is 9.73 Å². The molecule has 1 aliphatic carbocycles. The summed E-state index contributed by atoms with van der Waals surface area (Å²) in [7, 11) is 0. The molecule has 0 saturated heterocycles. The summed E-state index contributed by atoms with van der Waals surface area (Å²) in [4.78, 5) is 0. The standard InChI is InChI=1S/C17H20BrNO/c1-2-19-16(15-9-10-20-17(15)18)14-8-4-7-13(11-14)12-5-3-6-12/h4,7-12,16,19H,2-3,5-6H2,1H3. The highest BCUT2D eigenvalue weighted by atomic mass is 79.9. The van der Waals surface area contributed by atoms with Gasteiger partial charge in [0.2, 0.25) is 0 Å². The molecular formula is C17H20BrNO. The van der Waals surface area contributed by atoms with Crippen molar-refractivity contribution in [2.45, 2.75) is 38.1 Å². The number of hydrogen-bond acceptors (Lipinski definition) is 2. The van der Waals surface area contributed by atoms with E-state index in [1.54, 1.807) is 6.26 Å². The Balaban J connectivity index is 1.93. The first-order chi connectivity index (χ1) is 9.79. The Morgan fingerprint density at radius 1 is 1.35 bits per heavy atom. The Bertz CT molecular complexity index is 574. The fourth-order valence-electron chi connectivity index (χ4n) is 2.86. The van der Waals surface area contributed by atoms with Gasteiger partial charge in [0, 0.05) is 5.56 Å². The normalized spacial score (nSPS) is 16.9. The fraction of sp³-hybridized carbons (Fsp3) is 0.412. The summed E-state index contributed by atoms with van der Waals surface area (Å²) in [6, 6.07) is 11.2. The molecule has 0 spiro atoms. The first-order valence-electron chi connectivity index (χ1n) is 7.35. The third-order valence-electron chi connectivity index (χ3n) is 4.19. The molecule has 2 aromatic rings. The molecule has 1 saturated carbocycles.